The maximum Gasteiger partial charge on any atom is 0.128 e. The number of rotatable bonds is 4. The van der Waals surface area contributed by atoms with Gasteiger partial charge in [-0.15, -0.1) is 0 Å². The molecule has 0 saturated carbocycles. The number of nitrogens with zero attached hydrogens (tertiary/aromatic N) is 1. The fourth-order valence-electron chi connectivity index (χ4n) is 2.49. The molecular formula is C17H20BrNO2. The third kappa shape index (κ3) is 3.44. The van der Waals surface area contributed by atoms with Crippen LogP contribution in [0.5, 0.6) is 5.75 Å². The largest absolute Gasteiger partial charge is 0.496 e. The summed E-state index contributed by atoms with van der Waals surface area (Å²) in [6, 6.07) is 5.97. The molecule has 3 nitrogen and oxygen atoms in total. The van der Waals surface area contributed by atoms with E-state index in [4.69, 9.17) is 4.74 Å². The summed E-state index contributed by atoms with van der Waals surface area (Å²) in [7, 11) is 1.66. The topological polar surface area (TPSA) is 42.4 Å². The Morgan fingerprint density at radius 2 is 2.00 bits per heavy atom. The van der Waals surface area contributed by atoms with Gasteiger partial charge in [-0.1, -0.05) is 33.6 Å². The number of methoxy groups -OCH3 is 1. The summed E-state index contributed by atoms with van der Waals surface area (Å²) >= 11 is 3.50. The molecule has 1 aromatic carbocycles. The van der Waals surface area contributed by atoms with E-state index in [2.05, 4.69) is 20.9 Å². The molecule has 0 saturated heterocycles. The Morgan fingerprint density at radius 3 is 2.67 bits per heavy atom. The molecule has 0 aliphatic heterocycles. The van der Waals surface area contributed by atoms with Crippen molar-refractivity contribution in [2.24, 2.45) is 0 Å². The molecule has 2 rings (SSSR count). The smallest absolute Gasteiger partial charge is 0.128 e. The first-order valence-corrected chi connectivity index (χ1v) is 7.66. The zero-order valence-electron chi connectivity index (χ0n) is 12.8. The summed E-state index contributed by atoms with van der Waals surface area (Å²) in [6.07, 6.45) is 1.65. The number of pyridine rings is 1. The highest BCUT2D eigenvalue weighted by molar-refractivity contribution is 9.10. The monoisotopic (exact) mass is 349 g/mol. The van der Waals surface area contributed by atoms with Gasteiger partial charge in [0.15, 0.2) is 0 Å². The van der Waals surface area contributed by atoms with Crippen molar-refractivity contribution < 1.29 is 9.84 Å². The highest BCUT2D eigenvalue weighted by atomic mass is 79.9. The second-order valence-corrected chi connectivity index (χ2v) is 6.15. The van der Waals surface area contributed by atoms with Gasteiger partial charge in [-0.25, -0.2) is 0 Å². The molecule has 0 aliphatic rings. The van der Waals surface area contributed by atoms with E-state index in [1.807, 2.05) is 39.0 Å². The highest BCUT2D eigenvalue weighted by Gasteiger charge is 2.17. The molecule has 0 bridgehead atoms. The van der Waals surface area contributed by atoms with Gasteiger partial charge in [-0.2, -0.15) is 0 Å². The lowest BCUT2D eigenvalue weighted by Gasteiger charge is -2.17. The van der Waals surface area contributed by atoms with Crippen LogP contribution in [0.15, 0.2) is 28.9 Å². The van der Waals surface area contributed by atoms with Crippen molar-refractivity contribution in [2.45, 2.75) is 33.3 Å². The average Bonchev–Trinajstić information content (AvgIpc) is 2.45. The maximum absolute atomic E-state index is 10.5. The number of aryl methyl sites for hydroxylation is 2. The van der Waals surface area contributed by atoms with Gasteiger partial charge in [0.2, 0.25) is 0 Å². The molecule has 4 heteroatoms. The molecule has 0 amide bonds. The van der Waals surface area contributed by atoms with E-state index in [1.165, 1.54) is 0 Å². The average molecular weight is 350 g/mol. The van der Waals surface area contributed by atoms with Gasteiger partial charge in [-0.3, -0.25) is 4.98 Å². The van der Waals surface area contributed by atoms with Crippen LogP contribution in [0, 0.1) is 20.8 Å². The molecule has 1 atom stereocenters. The first kappa shape index (κ1) is 16.0. The molecule has 1 heterocycles. The number of benzene rings is 1. The van der Waals surface area contributed by atoms with Crippen molar-refractivity contribution in [3.63, 3.8) is 0 Å². The summed E-state index contributed by atoms with van der Waals surface area (Å²) in [4.78, 5) is 4.45. The van der Waals surface area contributed by atoms with Crippen molar-refractivity contribution in [1.82, 2.24) is 4.98 Å². The van der Waals surface area contributed by atoms with Crippen LogP contribution in [-0.2, 0) is 6.42 Å². The number of halogens is 1. The second-order valence-electron chi connectivity index (χ2n) is 5.29. The second kappa shape index (κ2) is 6.58. The summed E-state index contributed by atoms with van der Waals surface area (Å²) in [5, 5.41) is 10.5. The SMILES string of the molecule is COc1c(C)cnc(CC(O)c2cc(C)ccc2Br)c1C. The maximum atomic E-state index is 10.5. The lowest BCUT2D eigenvalue weighted by molar-refractivity contribution is 0.176. The molecule has 1 N–H and O–H groups in total. The zero-order valence-corrected chi connectivity index (χ0v) is 14.4. The minimum atomic E-state index is -0.599. The molecule has 0 spiro atoms. The Kier molecular flexibility index (Phi) is 5.01. The van der Waals surface area contributed by atoms with Crippen molar-refractivity contribution >= 4 is 15.9 Å². The Bertz CT molecular complexity index is 655. The number of ether oxygens (including phenoxy) is 1. The molecule has 112 valence electrons. The van der Waals surface area contributed by atoms with E-state index in [-0.39, 0.29) is 0 Å². The van der Waals surface area contributed by atoms with E-state index in [1.54, 1.807) is 13.3 Å². The summed E-state index contributed by atoms with van der Waals surface area (Å²) in [6.45, 7) is 5.96. The van der Waals surface area contributed by atoms with Gasteiger partial charge >= 0.3 is 0 Å². The van der Waals surface area contributed by atoms with Gasteiger partial charge in [0, 0.05) is 33.9 Å². The van der Waals surface area contributed by atoms with Gasteiger partial charge in [0.05, 0.1) is 13.2 Å². The molecule has 0 aliphatic carbocycles. The van der Waals surface area contributed by atoms with Gasteiger partial charge < -0.3 is 9.84 Å². The molecule has 0 fully saturated rings. The molecule has 0 radical (unpaired) electrons. The van der Waals surface area contributed by atoms with E-state index in [0.29, 0.717) is 6.42 Å². The van der Waals surface area contributed by atoms with Crippen LogP contribution in [0.2, 0.25) is 0 Å². The third-order valence-corrected chi connectivity index (χ3v) is 4.37. The minimum absolute atomic E-state index is 0.463. The number of aliphatic hydroxyl groups excluding tert-OH is 1. The van der Waals surface area contributed by atoms with Crippen LogP contribution in [0.4, 0.5) is 0 Å². The fraction of sp³-hybridized carbons (Fsp3) is 0.353. The Labute approximate surface area is 134 Å². The Morgan fingerprint density at radius 1 is 1.29 bits per heavy atom. The number of hydrogen-bond acceptors (Lipinski definition) is 3. The van der Waals surface area contributed by atoms with Crippen molar-refractivity contribution in [3.8, 4) is 5.75 Å². The third-order valence-electron chi connectivity index (χ3n) is 3.65. The van der Waals surface area contributed by atoms with Crippen LogP contribution in [-0.4, -0.2) is 17.2 Å². The van der Waals surface area contributed by atoms with E-state index >= 15 is 0 Å². The van der Waals surface area contributed by atoms with Crippen LogP contribution >= 0.6 is 15.9 Å². The quantitative estimate of drug-likeness (QED) is 0.905. The van der Waals surface area contributed by atoms with Crippen molar-refractivity contribution in [2.75, 3.05) is 7.11 Å². The predicted molar refractivity (Wildman–Crippen MR) is 87.8 cm³/mol. The molecule has 21 heavy (non-hydrogen) atoms. The number of hydrogen-bond donors (Lipinski definition) is 1. The summed E-state index contributed by atoms with van der Waals surface area (Å²) < 4.78 is 6.33. The van der Waals surface area contributed by atoms with E-state index in [0.717, 1.165) is 38.2 Å². The van der Waals surface area contributed by atoms with Gasteiger partial charge in [-0.05, 0) is 32.4 Å². The molecule has 1 unspecified atom stereocenters. The van der Waals surface area contributed by atoms with Crippen LogP contribution in [0.25, 0.3) is 0 Å². The highest BCUT2D eigenvalue weighted by Crippen LogP contribution is 2.30. The molecule has 1 aromatic heterocycles. The zero-order chi connectivity index (χ0) is 15.6. The lowest BCUT2D eigenvalue weighted by atomic mass is 10.00. The van der Waals surface area contributed by atoms with Crippen molar-refractivity contribution in [3.05, 3.63) is 56.8 Å². The normalized spacial score (nSPS) is 12.3. The van der Waals surface area contributed by atoms with Gasteiger partial charge in [0.1, 0.15) is 5.75 Å². The standard InChI is InChI=1S/C17H20BrNO2/c1-10-5-6-14(18)13(7-10)16(20)8-15-12(3)17(21-4)11(2)9-19-15/h5-7,9,16,20H,8H2,1-4H3. The summed E-state index contributed by atoms with van der Waals surface area (Å²) in [5.74, 6) is 0.843. The van der Waals surface area contributed by atoms with Crippen LogP contribution in [0.1, 0.15) is 34.1 Å². The summed E-state index contributed by atoms with van der Waals surface area (Å²) in [5.41, 5.74) is 4.86. The van der Waals surface area contributed by atoms with E-state index in [9.17, 15) is 5.11 Å². The molecule has 2 aromatic rings. The Balaban J connectivity index is 2.32. The predicted octanol–water partition coefficient (Wildman–Crippen LogP) is 4.05. The first-order chi connectivity index (χ1) is 9.93. The van der Waals surface area contributed by atoms with E-state index < -0.39 is 6.10 Å². The van der Waals surface area contributed by atoms with Crippen LogP contribution < -0.4 is 4.74 Å². The lowest BCUT2D eigenvalue weighted by Crippen LogP contribution is -2.07. The number of aromatic nitrogens is 1. The van der Waals surface area contributed by atoms with Crippen LogP contribution in [0.3, 0.4) is 0 Å². The van der Waals surface area contributed by atoms with Crippen molar-refractivity contribution in [1.29, 1.82) is 0 Å². The molecular weight excluding hydrogens is 330 g/mol. The fourth-order valence-corrected chi connectivity index (χ4v) is 3.00. The minimum Gasteiger partial charge on any atom is -0.496 e. The Hall–Kier alpha value is -1.39. The van der Waals surface area contributed by atoms with Gasteiger partial charge in [0.25, 0.3) is 0 Å². The first-order valence-electron chi connectivity index (χ1n) is 6.87. The number of aliphatic hydroxyl groups is 1.